The molecule has 0 saturated carbocycles. The monoisotopic (exact) mass is 296 g/mol. The van der Waals surface area contributed by atoms with E-state index in [2.05, 4.69) is 24.2 Å². The lowest BCUT2D eigenvalue weighted by Gasteiger charge is -2.33. The molecule has 3 rings (SSSR count). The lowest BCUT2D eigenvalue weighted by molar-refractivity contribution is 0.174. The number of nitrogens with zero attached hydrogens (tertiary/aromatic N) is 1. The highest BCUT2D eigenvalue weighted by Crippen LogP contribution is 2.39. The molecule has 0 radical (unpaired) electrons. The van der Waals surface area contributed by atoms with Crippen molar-refractivity contribution in [3.05, 3.63) is 17.2 Å². The molecule has 2 heterocycles. The number of halogens is 1. The summed E-state index contributed by atoms with van der Waals surface area (Å²) in [6.07, 6.45) is 2.46. The molecule has 1 fully saturated rings. The number of hydrogen-bond donors (Lipinski definition) is 1. The van der Waals surface area contributed by atoms with E-state index in [1.54, 1.807) is 0 Å². The zero-order chi connectivity index (χ0) is 14.1. The van der Waals surface area contributed by atoms with Gasteiger partial charge in [0.25, 0.3) is 0 Å². The molecule has 1 N–H and O–H groups in total. The maximum absolute atomic E-state index is 6.31. The Bertz CT molecular complexity index is 487. The van der Waals surface area contributed by atoms with Crippen LogP contribution in [0, 0.1) is 5.92 Å². The lowest BCUT2D eigenvalue weighted by Crippen LogP contribution is -2.37. The van der Waals surface area contributed by atoms with Crippen molar-refractivity contribution in [2.24, 2.45) is 5.92 Å². The first kappa shape index (κ1) is 13.8. The summed E-state index contributed by atoms with van der Waals surface area (Å²) in [5.74, 6) is 2.19. The minimum Gasteiger partial charge on any atom is -0.454 e. The van der Waals surface area contributed by atoms with Gasteiger partial charge in [-0.05, 0) is 45.8 Å². The smallest absolute Gasteiger partial charge is 0.231 e. The van der Waals surface area contributed by atoms with Crippen molar-refractivity contribution in [2.75, 3.05) is 32.2 Å². The molecule has 4 nitrogen and oxygen atoms in total. The van der Waals surface area contributed by atoms with Crippen LogP contribution < -0.4 is 14.8 Å². The van der Waals surface area contributed by atoms with Crippen molar-refractivity contribution in [3.8, 4) is 11.5 Å². The summed E-state index contributed by atoms with van der Waals surface area (Å²) < 4.78 is 10.7. The Morgan fingerprint density at radius 2 is 1.90 bits per heavy atom. The van der Waals surface area contributed by atoms with Gasteiger partial charge in [-0.3, -0.25) is 0 Å². The molecule has 0 amide bonds. The largest absolute Gasteiger partial charge is 0.454 e. The van der Waals surface area contributed by atoms with Gasteiger partial charge in [0.1, 0.15) is 0 Å². The topological polar surface area (TPSA) is 33.7 Å². The second-order valence-electron chi connectivity index (χ2n) is 5.76. The van der Waals surface area contributed by atoms with E-state index in [4.69, 9.17) is 21.1 Å². The molecule has 1 saturated heterocycles. The van der Waals surface area contributed by atoms with Gasteiger partial charge in [0.15, 0.2) is 11.5 Å². The van der Waals surface area contributed by atoms with Gasteiger partial charge in [-0.1, -0.05) is 11.6 Å². The van der Waals surface area contributed by atoms with E-state index in [1.165, 1.54) is 25.9 Å². The Morgan fingerprint density at radius 3 is 2.60 bits per heavy atom. The fourth-order valence-corrected chi connectivity index (χ4v) is 3.13. The summed E-state index contributed by atoms with van der Waals surface area (Å²) in [5.41, 5.74) is 0.933. The molecule has 0 spiro atoms. The van der Waals surface area contributed by atoms with Crippen LogP contribution in [0.2, 0.25) is 5.02 Å². The van der Waals surface area contributed by atoms with Gasteiger partial charge in [0, 0.05) is 18.2 Å². The summed E-state index contributed by atoms with van der Waals surface area (Å²) in [6, 6.07) is 4.17. The number of fused-ring (bicyclic) bond motifs is 1. The molecule has 1 aromatic rings. The van der Waals surface area contributed by atoms with Crippen LogP contribution in [-0.4, -0.2) is 37.9 Å². The second-order valence-corrected chi connectivity index (χ2v) is 6.17. The number of nitrogens with one attached hydrogen (secondary N) is 1. The van der Waals surface area contributed by atoms with Crippen LogP contribution in [0.1, 0.15) is 19.8 Å². The number of rotatable bonds is 3. The molecule has 110 valence electrons. The molecule has 1 unspecified atom stereocenters. The van der Waals surface area contributed by atoms with E-state index < -0.39 is 0 Å². The zero-order valence-electron chi connectivity index (χ0n) is 12.0. The number of ether oxygens (including phenoxy) is 2. The van der Waals surface area contributed by atoms with Crippen molar-refractivity contribution >= 4 is 17.3 Å². The molecule has 20 heavy (non-hydrogen) atoms. The Hall–Kier alpha value is -1.13. The molecule has 1 aromatic carbocycles. The maximum Gasteiger partial charge on any atom is 0.231 e. The van der Waals surface area contributed by atoms with Crippen LogP contribution in [0.3, 0.4) is 0 Å². The zero-order valence-corrected chi connectivity index (χ0v) is 12.7. The molecule has 2 aliphatic rings. The number of benzene rings is 1. The lowest BCUT2D eigenvalue weighted by atomic mass is 9.90. The normalized spacial score (nSPS) is 20.9. The summed E-state index contributed by atoms with van der Waals surface area (Å²) in [7, 11) is 2.18. The van der Waals surface area contributed by atoms with E-state index in [9.17, 15) is 0 Å². The summed E-state index contributed by atoms with van der Waals surface area (Å²) >= 11 is 6.31. The molecule has 0 bridgehead atoms. The van der Waals surface area contributed by atoms with Crippen LogP contribution in [0.5, 0.6) is 11.5 Å². The van der Waals surface area contributed by atoms with Gasteiger partial charge in [-0.25, -0.2) is 0 Å². The van der Waals surface area contributed by atoms with Crippen molar-refractivity contribution in [1.82, 2.24) is 4.90 Å². The standard InChI is InChI=1S/C15H21ClN2O2/c1-10(11-3-5-18(2)6-4-11)17-13-8-15-14(7-12(13)16)19-9-20-15/h7-8,10-11,17H,3-6,9H2,1-2H3. The van der Waals surface area contributed by atoms with Gasteiger partial charge >= 0.3 is 0 Å². The van der Waals surface area contributed by atoms with Crippen LogP contribution in [0.25, 0.3) is 0 Å². The fourth-order valence-electron chi connectivity index (χ4n) is 2.92. The highest BCUT2D eigenvalue weighted by Gasteiger charge is 2.24. The first-order valence-corrected chi connectivity index (χ1v) is 7.55. The van der Waals surface area contributed by atoms with E-state index in [0.717, 1.165) is 17.2 Å². The summed E-state index contributed by atoms with van der Waals surface area (Å²) in [5, 5.41) is 4.23. The van der Waals surface area contributed by atoms with Crippen molar-refractivity contribution in [1.29, 1.82) is 0 Å². The average Bonchev–Trinajstić information content (AvgIpc) is 2.87. The van der Waals surface area contributed by atoms with Crippen LogP contribution in [-0.2, 0) is 0 Å². The first-order chi connectivity index (χ1) is 9.63. The molecule has 0 aliphatic carbocycles. The predicted octanol–water partition coefficient (Wildman–Crippen LogP) is 3.21. The highest BCUT2D eigenvalue weighted by atomic mass is 35.5. The van der Waals surface area contributed by atoms with Gasteiger partial charge in [-0.2, -0.15) is 0 Å². The predicted molar refractivity (Wildman–Crippen MR) is 80.9 cm³/mol. The molecule has 2 aliphatic heterocycles. The number of anilines is 1. The SMILES string of the molecule is CC(Nc1cc2c(cc1Cl)OCO2)C1CCN(C)CC1. The average molecular weight is 297 g/mol. The Balaban J connectivity index is 1.68. The number of likely N-dealkylation sites (tertiary alicyclic amines) is 1. The molecule has 5 heteroatoms. The third kappa shape index (κ3) is 2.81. The van der Waals surface area contributed by atoms with E-state index >= 15 is 0 Å². The van der Waals surface area contributed by atoms with Gasteiger partial charge < -0.3 is 19.7 Å². The van der Waals surface area contributed by atoms with E-state index in [0.29, 0.717) is 17.0 Å². The van der Waals surface area contributed by atoms with Gasteiger partial charge in [0.05, 0.1) is 10.7 Å². The third-order valence-electron chi connectivity index (χ3n) is 4.32. The van der Waals surface area contributed by atoms with Crippen LogP contribution >= 0.6 is 11.6 Å². The highest BCUT2D eigenvalue weighted by molar-refractivity contribution is 6.33. The van der Waals surface area contributed by atoms with Crippen molar-refractivity contribution in [2.45, 2.75) is 25.8 Å². The third-order valence-corrected chi connectivity index (χ3v) is 4.63. The van der Waals surface area contributed by atoms with Gasteiger partial charge in [0.2, 0.25) is 6.79 Å². The Labute approximate surface area is 125 Å². The molecular formula is C15H21ClN2O2. The van der Waals surface area contributed by atoms with Crippen molar-refractivity contribution < 1.29 is 9.47 Å². The fraction of sp³-hybridized carbons (Fsp3) is 0.600. The maximum atomic E-state index is 6.31. The molecular weight excluding hydrogens is 276 g/mol. The first-order valence-electron chi connectivity index (χ1n) is 7.17. The molecule has 1 atom stereocenters. The van der Waals surface area contributed by atoms with E-state index in [1.807, 2.05) is 12.1 Å². The van der Waals surface area contributed by atoms with E-state index in [-0.39, 0.29) is 6.79 Å². The quantitative estimate of drug-likeness (QED) is 0.929. The van der Waals surface area contributed by atoms with Crippen LogP contribution in [0.4, 0.5) is 5.69 Å². The minimum atomic E-state index is 0.277. The van der Waals surface area contributed by atoms with Gasteiger partial charge in [-0.15, -0.1) is 0 Å². The van der Waals surface area contributed by atoms with Crippen molar-refractivity contribution in [3.63, 3.8) is 0 Å². The number of hydrogen-bond acceptors (Lipinski definition) is 4. The Kier molecular flexibility index (Phi) is 3.94. The minimum absolute atomic E-state index is 0.277. The summed E-state index contributed by atoms with van der Waals surface area (Å²) in [6.45, 7) is 4.85. The van der Waals surface area contributed by atoms with Crippen LogP contribution in [0.15, 0.2) is 12.1 Å². The Morgan fingerprint density at radius 1 is 1.25 bits per heavy atom. The molecule has 0 aromatic heterocycles. The second kappa shape index (κ2) is 5.70. The number of piperidine rings is 1. The summed E-state index contributed by atoms with van der Waals surface area (Å²) in [4.78, 5) is 2.39.